The van der Waals surface area contributed by atoms with Gasteiger partial charge in [-0.25, -0.2) is 4.79 Å². The van der Waals surface area contributed by atoms with Crippen LogP contribution < -0.4 is 10.6 Å². The van der Waals surface area contributed by atoms with E-state index in [2.05, 4.69) is 15.4 Å². The Labute approximate surface area is 123 Å². The standard InChI is InChI=1S/C15H17N3O3/c1-10(2)18-14(19)11-5-4-6-13(7-11)17-9-12(8-16)15(20)21-3/h4-7,9-10,17H,1-3H3,(H,18,19)/b12-9-. The van der Waals surface area contributed by atoms with Crippen LogP contribution >= 0.6 is 0 Å². The van der Waals surface area contributed by atoms with Gasteiger partial charge < -0.3 is 15.4 Å². The topological polar surface area (TPSA) is 91.2 Å². The summed E-state index contributed by atoms with van der Waals surface area (Å²) in [6.45, 7) is 3.75. The molecule has 0 spiro atoms. The Hall–Kier alpha value is -2.81. The van der Waals surface area contributed by atoms with E-state index in [1.165, 1.54) is 13.3 Å². The lowest BCUT2D eigenvalue weighted by atomic mass is 10.1. The van der Waals surface area contributed by atoms with Crippen molar-refractivity contribution in [2.75, 3.05) is 12.4 Å². The highest BCUT2D eigenvalue weighted by Gasteiger charge is 2.09. The number of nitrogens with one attached hydrogen (secondary N) is 2. The molecule has 1 amide bonds. The van der Waals surface area contributed by atoms with Crippen molar-refractivity contribution in [3.8, 4) is 6.07 Å². The molecule has 6 heteroatoms. The molecule has 0 saturated heterocycles. The maximum absolute atomic E-state index is 11.9. The van der Waals surface area contributed by atoms with Crippen LogP contribution in [0.25, 0.3) is 0 Å². The molecule has 0 aliphatic heterocycles. The van der Waals surface area contributed by atoms with Gasteiger partial charge in [-0.15, -0.1) is 0 Å². The highest BCUT2D eigenvalue weighted by Crippen LogP contribution is 2.11. The molecule has 0 atom stereocenters. The second kappa shape index (κ2) is 7.70. The number of nitrogens with zero attached hydrogens (tertiary/aromatic N) is 1. The van der Waals surface area contributed by atoms with Crippen LogP contribution in [0.2, 0.25) is 0 Å². The minimum atomic E-state index is -0.723. The molecule has 0 fully saturated rings. The molecule has 0 heterocycles. The molecule has 6 nitrogen and oxygen atoms in total. The summed E-state index contributed by atoms with van der Waals surface area (Å²) >= 11 is 0. The Bertz CT molecular complexity index is 600. The van der Waals surface area contributed by atoms with Crippen LogP contribution in [0.5, 0.6) is 0 Å². The molecule has 21 heavy (non-hydrogen) atoms. The van der Waals surface area contributed by atoms with Crippen molar-refractivity contribution < 1.29 is 14.3 Å². The average molecular weight is 287 g/mol. The number of carbonyl (C=O) groups excluding carboxylic acids is 2. The molecule has 0 aliphatic carbocycles. The molecular weight excluding hydrogens is 270 g/mol. The second-order valence-electron chi connectivity index (χ2n) is 4.51. The summed E-state index contributed by atoms with van der Waals surface area (Å²) in [5.74, 6) is -0.912. The van der Waals surface area contributed by atoms with Gasteiger partial charge in [-0.1, -0.05) is 6.07 Å². The number of anilines is 1. The molecule has 110 valence electrons. The summed E-state index contributed by atoms with van der Waals surface area (Å²) < 4.78 is 4.46. The van der Waals surface area contributed by atoms with Gasteiger partial charge >= 0.3 is 5.97 Å². The molecule has 0 aromatic heterocycles. The number of hydrogen-bond acceptors (Lipinski definition) is 5. The number of amides is 1. The summed E-state index contributed by atoms with van der Waals surface area (Å²) in [5, 5.41) is 14.4. The van der Waals surface area contributed by atoms with Crippen LogP contribution in [-0.2, 0) is 9.53 Å². The third-order valence-corrected chi connectivity index (χ3v) is 2.45. The van der Waals surface area contributed by atoms with Gasteiger partial charge in [0, 0.05) is 23.5 Å². The third-order valence-electron chi connectivity index (χ3n) is 2.45. The lowest BCUT2D eigenvalue weighted by Gasteiger charge is -2.09. The summed E-state index contributed by atoms with van der Waals surface area (Å²) in [7, 11) is 1.20. The van der Waals surface area contributed by atoms with E-state index in [0.29, 0.717) is 11.3 Å². The van der Waals surface area contributed by atoms with Crippen LogP contribution in [0.3, 0.4) is 0 Å². The predicted molar refractivity (Wildman–Crippen MR) is 78.4 cm³/mol. The van der Waals surface area contributed by atoms with Crippen LogP contribution in [0.1, 0.15) is 24.2 Å². The maximum atomic E-state index is 11.9. The Kier molecular flexibility index (Phi) is 5.96. The van der Waals surface area contributed by atoms with Crippen LogP contribution in [0.4, 0.5) is 5.69 Å². The van der Waals surface area contributed by atoms with Gasteiger partial charge in [-0.05, 0) is 32.0 Å². The first-order valence-electron chi connectivity index (χ1n) is 6.34. The fraction of sp³-hybridized carbons (Fsp3) is 0.267. The van der Waals surface area contributed by atoms with Crippen LogP contribution in [-0.4, -0.2) is 25.0 Å². The molecule has 2 N–H and O–H groups in total. The van der Waals surface area contributed by atoms with E-state index in [1.807, 2.05) is 13.8 Å². The summed E-state index contributed by atoms with van der Waals surface area (Å²) in [6.07, 6.45) is 1.24. The van der Waals surface area contributed by atoms with E-state index in [0.717, 1.165) is 0 Å². The average Bonchev–Trinajstić information content (AvgIpc) is 2.47. The van der Waals surface area contributed by atoms with Crippen molar-refractivity contribution >= 4 is 17.6 Å². The molecule has 1 aromatic rings. The minimum absolute atomic E-state index is 0.0403. The summed E-state index contributed by atoms with van der Waals surface area (Å²) in [5.41, 5.74) is 0.913. The monoisotopic (exact) mass is 287 g/mol. The van der Waals surface area contributed by atoms with E-state index in [9.17, 15) is 9.59 Å². The van der Waals surface area contributed by atoms with Crippen molar-refractivity contribution in [1.82, 2.24) is 5.32 Å². The maximum Gasteiger partial charge on any atom is 0.350 e. The first-order chi connectivity index (χ1) is 9.97. The van der Waals surface area contributed by atoms with Crippen LogP contribution in [0.15, 0.2) is 36.0 Å². The SMILES string of the molecule is COC(=O)/C(C#N)=C\Nc1cccc(C(=O)NC(C)C)c1. The smallest absolute Gasteiger partial charge is 0.350 e. The van der Waals surface area contributed by atoms with Gasteiger partial charge in [0.1, 0.15) is 6.07 Å². The Morgan fingerprint density at radius 1 is 1.38 bits per heavy atom. The van der Waals surface area contributed by atoms with Gasteiger partial charge in [0.15, 0.2) is 5.57 Å². The number of methoxy groups -OCH3 is 1. The molecule has 0 aliphatic rings. The molecular formula is C15H17N3O3. The highest BCUT2D eigenvalue weighted by molar-refractivity contribution is 5.95. The predicted octanol–water partition coefficient (Wildman–Crippen LogP) is 1.82. The number of rotatable bonds is 5. The molecule has 0 radical (unpaired) electrons. The molecule has 0 saturated carbocycles. The lowest BCUT2D eigenvalue weighted by molar-refractivity contribution is -0.135. The van der Waals surface area contributed by atoms with E-state index in [-0.39, 0.29) is 17.5 Å². The van der Waals surface area contributed by atoms with Crippen molar-refractivity contribution in [3.63, 3.8) is 0 Å². The normalized spacial score (nSPS) is 10.7. The fourth-order valence-electron chi connectivity index (χ4n) is 1.50. The van der Waals surface area contributed by atoms with Gasteiger partial charge in [-0.3, -0.25) is 4.79 Å². The van der Waals surface area contributed by atoms with Gasteiger partial charge in [0.05, 0.1) is 7.11 Å². The first kappa shape index (κ1) is 16.2. The van der Waals surface area contributed by atoms with Gasteiger partial charge in [0.2, 0.25) is 0 Å². The van der Waals surface area contributed by atoms with Crippen molar-refractivity contribution in [3.05, 3.63) is 41.6 Å². The molecule has 1 aromatic carbocycles. The molecule has 0 unspecified atom stereocenters. The second-order valence-corrected chi connectivity index (χ2v) is 4.51. The van der Waals surface area contributed by atoms with Gasteiger partial charge in [0.25, 0.3) is 5.91 Å². The number of carbonyl (C=O) groups is 2. The molecule has 1 rings (SSSR count). The number of esters is 1. The van der Waals surface area contributed by atoms with E-state index >= 15 is 0 Å². The van der Waals surface area contributed by atoms with E-state index < -0.39 is 5.97 Å². The largest absolute Gasteiger partial charge is 0.465 e. The Morgan fingerprint density at radius 2 is 2.10 bits per heavy atom. The Balaban J connectivity index is 2.87. The lowest BCUT2D eigenvalue weighted by Crippen LogP contribution is -2.30. The van der Waals surface area contributed by atoms with E-state index in [4.69, 9.17) is 5.26 Å². The number of hydrogen-bond donors (Lipinski definition) is 2. The number of benzene rings is 1. The van der Waals surface area contributed by atoms with E-state index in [1.54, 1.807) is 30.3 Å². The third kappa shape index (κ3) is 4.99. The quantitative estimate of drug-likeness (QED) is 0.489. The van der Waals surface area contributed by atoms with Crippen molar-refractivity contribution in [1.29, 1.82) is 5.26 Å². The zero-order valence-corrected chi connectivity index (χ0v) is 12.1. The minimum Gasteiger partial charge on any atom is -0.465 e. The molecule has 0 bridgehead atoms. The summed E-state index contributed by atoms with van der Waals surface area (Å²) in [4.78, 5) is 23.1. The zero-order valence-electron chi connectivity index (χ0n) is 12.1. The number of ether oxygens (including phenoxy) is 1. The zero-order chi connectivity index (χ0) is 15.8. The number of nitriles is 1. The fourth-order valence-corrected chi connectivity index (χ4v) is 1.50. The van der Waals surface area contributed by atoms with Gasteiger partial charge in [-0.2, -0.15) is 5.26 Å². The van der Waals surface area contributed by atoms with Crippen LogP contribution in [0, 0.1) is 11.3 Å². The van der Waals surface area contributed by atoms with Crippen molar-refractivity contribution in [2.45, 2.75) is 19.9 Å². The van der Waals surface area contributed by atoms with Crippen molar-refractivity contribution in [2.24, 2.45) is 0 Å². The summed E-state index contributed by atoms with van der Waals surface area (Å²) in [6, 6.07) is 8.50. The highest BCUT2D eigenvalue weighted by atomic mass is 16.5. The Morgan fingerprint density at radius 3 is 2.67 bits per heavy atom. The first-order valence-corrected chi connectivity index (χ1v) is 6.34.